The topological polar surface area (TPSA) is 154 Å². The molecule has 0 aromatic heterocycles. The summed E-state index contributed by atoms with van der Waals surface area (Å²) in [6.07, 6.45) is -3.81. The van der Waals surface area contributed by atoms with Crippen LogP contribution in [0.4, 0.5) is 0 Å². The van der Waals surface area contributed by atoms with Gasteiger partial charge in [-0.2, -0.15) is 0 Å². The van der Waals surface area contributed by atoms with Gasteiger partial charge in [0.1, 0.15) is 30.2 Å². The van der Waals surface area contributed by atoms with E-state index in [1.54, 1.807) is 0 Å². The maximum Gasteiger partial charge on any atom is 0.196 e. The van der Waals surface area contributed by atoms with Gasteiger partial charge in [-0.25, -0.2) is 0 Å². The van der Waals surface area contributed by atoms with Gasteiger partial charge in [0.25, 0.3) is 0 Å². The highest BCUT2D eigenvalue weighted by atomic mass is 16.6. The monoisotopic (exact) mass is 434 g/mol. The number of Topliss-reactive ketones (excluding diaryl/α,β-unsaturated/α-hetero) is 1. The SMILES string of the molecule is CCC[C@@H]1O[C@@](C)(O)Cc2cc3c(c(O)c21)C(=O)C([C@@H]1O[C@H](CO)[C@@H](O)[C@H]1O)=CC3=O. The number of phenols is 1. The first-order valence-electron chi connectivity index (χ1n) is 10.3. The molecule has 31 heavy (non-hydrogen) atoms. The Morgan fingerprint density at radius 1 is 1.23 bits per heavy atom. The molecular weight excluding hydrogens is 408 g/mol. The van der Waals surface area contributed by atoms with E-state index in [1.165, 1.54) is 13.0 Å². The number of allylic oxidation sites excluding steroid dienone is 1. The molecule has 4 rings (SSSR count). The molecule has 0 bridgehead atoms. The van der Waals surface area contributed by atoms with E-state index in [-0.39, 0.29) is 23.1 Å². The van der Waals surface area contributed by atoms with Crippen LogP contribution in [-0.4, -0.2) is 73.9 Å². The lowest BCUT2D eigenvalue weighted by Crippen LogP contribution is -2.39. The van der Waals surface area contributed by atoms with Crippen molar-refractivity contribution in [3.8, 4) is 5.75 Å². The Hall–Kier alpha value is -2.14. The number of fused-ring (bicyclic) bond motifs is 2. The van der Waals surface area contributed by atoms with Crippen molar-refractivity contribution in [2.45, 2.75) is 69.4 Å². The normalized spacial score (nSPS) is 35.0. The van der Waals surface area contributed by atoms with E-state index in [0.717, 1.165) is 6.08 Å². The minimum Gasteiger partial charge on any atom is -0.507 e. The van der Waals surface area contributed by atoms with Gasteiger partial charge in [-0.1, -0.05) is 13.3 Å². The number of rotatable bonds is 4. The minimum atomic E-state index is -1.52. The molecule has 1 aromatic carbocycles. The molecule has 1 saturated heterocycles. The fourth-order valence-corrected chi connectivity index (χ4v) is 4.69. The highest BCUT2D eigenvalue weighted by molar-refractivity contribution is 6.26. The first kappa shape index (κ1) is 22.1. The van der Waals surface area contributed by atoms with E-state index in [4.69, 9.17) is 9.47 Å². The number of hydrogen-bond donors (Lipinski definition) is 5. The van der Waals surface area contributed by atoms with Crippen molar-refractivity contribution in [2.75, 3.05) is 6.61 Å². The Balaban J connectivity index is 1.80. The van der Waals surface area contributed by atoms with Crippen LogP contribution in [-0.2, 0) is 15.9 Å². The van der Waals surface area contributed by atoms with E-state index in [9.17, 15) is 35.1 Å². The number of benzene rings is 1. The Bertz CT molecular complexity index is 964. The number of aromatic hydroxyl groups is 1. The van der Waals surface area contributed by atoms with Crippen LogP contribution in [0.15, 0.2) is 17.7 Å². The molecule has 3 aliphatic rings. The molecule has 168 valence electrons. The van der Waals surface area contributed by atoms with Gasteiger partial charge < -0.3 is 35.0 Å². The molecule has 1 fully saturated rings. The summed E-state index contributed by atoms with van der Waals surface area (Å²) in [5.41, 5.74) is 0.452. The van der Waals surface area contributed by atoms with Crippen LogP contribution in [0.2, 0.25) is 0 Å². The maximum absolute atomic E-state index is 13.3. The van der Waals surface area contributed by atoms with E-state index >= 15 is 0 Å². The highest BCUT2D eigenvalue weighted by Crippen LogP contribution is 2.46. The number of ether oxygens (including phenoxy) is 2. The third-order valence-corrected chi connectivity index (χ3v) is 6.10. The third kappa shape index (κ3) is 3.51. The zero-order valence-corrected chi connectivity index (χ0v) is 17.2. The Morgan fingerprint density at radius 3 is 2.55 bits per heavy atom. The van der Waals surface area contributed by atoms with Crippen molar-refractivity contribution in [3.63, 3.8) is 0 Å². The van der Waals surface area contributed by atoms with Crippen LogP contribution in [0.3, 0.4) is 0 Å². The molecule has 0 spiro atoms. The average Bonchev–Trinajstić information content (AvgIpc) is 2.97. The lowest BCUT2D eigenvalue weighted by Gasteiger charge is -2.37. The number of carbonyl (C=O) groups is 2. The lowest BCUT2D eigenvalue weighted by atomic mass is 9.79. The molecular formula is C22H26O9. The minimum absolute atomic E-state index is 0.00954. The molecule has 0 unspecified atom stereocenters. The molecule has 6 atom stereocenters. The van der Waals surface area contributed by atoms with Gasteiger partial charge in [0, 0.05) is 23.1 Å². The second kappa shape index (κ2) is 7.77. The van der Waals surface area contributed by atoms with Gasteiger partial charge in [0.05, 0.1) is 18.3 Å². The second-order valence-corrected chi connectivity index (χ2v) is 8.52. The highest BCUT2D eigenvalue weighted by Gasteiger charge is 2.48. The Labute approximate surface area is 178 Å². The summed E-state index contributed by atoms with van der Waals surface area (Å²) in [5.74, 6) is -3.15. The van der Waals surface area contributed by atoms with E-state index in [2.05, 4.69) is 0 Å². The molecule has 5 N–H and O–H groups in total. The van der Waals surface area contributed by atoms with Gasteiger partial charge in [-0.05, 0) is 31.1 Å². The van der Waals surface area contributed by atoms with Crippen molar-refractivity contribution in [2.24, 2.45) is 0 Å². The van der Waals surface area contributed by atoms with Crippen molar-refractivity contribution in [1.82, 2.24) is 0 Å². The molecule has 0 saturated carbocycles. The second-order valence-electron chi connectivity index (χ2n) is 8.52. The Kier molecular flexibility index (Phi) is 5.53. The predicted octanol–water partition coefficient (Wildman–Crippen LogP) is 0.301. The smallest absolute Gasteiger partial charge is 0.196 e. The molecule has 1 aromatic rings. The predicted molar refractivity (Wildman–Crippen MR) is 106 cm³/mol. The van der Waals surface area contributed by atoms with Gasteiger partial charge >= 0.3 is 0 Å². The van der Waals surface area contributed by atoms with Gasteiger partial charge in [0.2, 0.25) is 0 Å². The molecule has 2 heterocycles. The number of hydrogen-bond acceptors (Lipinski definition) is 9. The summed E-state index contributed by atoms with van der Waals surface area (Å²) in [6.45, 7) is 2.84. The standard InChI is InChI=1S/C22H26O9/c1-3-4-13-15-9(7-22(2,29)31-13)5-10-12(24)6-11(17(25)16(10)19(15)27)21-20(28)18(26)14(8-23)30-21/h5-6,13-14,18,20-21,23,26-29H,3-4,7-8H2,1-2H3/t13-,14+,18+,20+,21-,22+/m0/s1. The van der Waals surface area contributed by atoms with E-state index in [0.29, 0.717) is 24.0 Å². The fourth-order valence-electron chi connectivity index (χ4n) is 4.69. The lowest BCUT2D eigenvalue weighted by molar-refractivity contribution is -0.229. The molecule has 0 radical (unpaired) electrons. The summed E-state index contributed by atoms with van der Waals surface area (Å²) >= 11 is 0. The summed E-state index contributed by atoms with van der Waals surface area (Å²) in [6, 6.07) is 1.49. The van der Waals surface area contributed by atoms with Gasteiger partial charge in [0.15, 0.2) is 17.4 Å². The van der Waals surface area contributed by atoms with Gasteiger partial charge in [-0.15, -0.1) is 0 Å². The van der Waals surface area contributed by atoms with Gasteiger partial charge in [-0.3, -0.25) is 9.59 Å². The first-order chi connectivity index (χ1) is 14.6. The summed E-state index contributed by atoms with van der Waals surface area (Å²) in [5, 5.41) is 51.1. The number of aliphatic hydroxyl groups excluding tert-OH is 3. The van der Waals surface area contributed by atoms with Crippen molar-refractivity contribution < 1.29 is 44.6 Å². The molecule has 9 nitrogen and oxygen atoms in total. The fraction of sp³-hybridized carbons (Fsp3) is 0.545. The van der Waals surface area contributed by atoms with Crippen molar-refractivity contribution >= 4 is 11.6 Å². The zero-order valence-electron chi connectivity index (χ0n) is 17.2. The third-order valence-electron chi connectivity index (χ3n) is 6.10. The van der Waals surface area contributed by atoms with Crippen molar-refractivity contribution in [3.05, 3.63) is 40.0 Å². The number of phenolic OH excluding ortho intramolecular Hbond substituents is 1. The summed E-state index contributed by atoms with van der Waals surface area (Å²) < 4.78 is 11.1. The van der Waals surface area contributed by atoms with Crippen LogP contribution in [0.1, 0.15) is 64.6 Å². The van der Waals surface area contributed by atoms with E-state index < -0.39 is 60.2 Å². The number of ketones is 2. The maximum atomic E-state index is 13.3. The molecule has 2 aliphatic heterocycles. The largest absolute Gasteiger partial charge is 0.507 e. The van der Waals surface area contributed by atoms with Crippen LogP contribution < -0.4 is 0 Å². The molecule has 1 aliphatic carbocycles. The quantitative estimate of drug-likeness (QED) is 0.450. The van der Waals surface area contributed by atoms with E-state index in [1.807, 2.05) is 6.92 Å². The Morgan fingerprint density at radius 2 is 1.94 bits per heavy atom. The molecule has 0 amide bonds. The summed E-state index contributed by atoms with van der Waals surface area (Å²) in [4.78, 5) is 26.2. The van der Waals surface area contributed by atoms with Crippen molar-refractivity contribution in [1.29, 1.82) is 0 Å². The first-order valence-corrected chi connectivity index (χ1v) is 10.3. The van der Waals surface area contributed by atoms with Crippen LogP contribution >= 0.6 is 0 Å². The number of carbonyl (C=O) groups excluding carboxylic acids is 2. The average molecular weight is 434 g/mol. The summed E-state index contributed by atoms with van der Waals surface area (Å²) in [7, 11) is 0. The van der Waals surface area contributed by atoms with Crippen LogP contribution in [0.25, 0.3) is 0 Å². The number of aliphatic hydroxyl groups is 4. The zero-order chi connectivity index (χ0) is 22.7. The van der Waals surface area contributed by atoms with Crippen LogP contribution in [0, 0.1) is 0 Å². The molecule has 9 heteroatoms. The van der Waals surface area contributed by atoms with Crippen LogP contribution in [0.5, 0.6) is 5.75 Å².